The van der Waals surface area contributed by atoms with Crippen LogP contribution in [0.25, 0.3) is 11.3 Å². The van der Waals surface area contributed by atoms with E-state index in [1.165, 1.54) is 6.07 Å². The molecule has 0 saturated heterocycles. The maximum absolute atomic E-state index is 12.5. The molecule has 0 aliphatic heterocycles. The zero-order chi connectivity index (χ0) is 12.6. The standard InChI is InChI=1S/C10H8F3N3O/c11-10(12,13)5-1-2-8(17)6(3-5)7-4-9(14)16-15-7/h1-4,17H,(H3,14,15,16). The van der Waals surface area contributed by atoms with Crippen molar-refractivity contribution in [3.05, 3.63) is 29.8 Å². The number of aromatic nitrogens is 2. The SMILES string of the molecule is Nc1cc(-c2cc(C(F)(F)F)ccc2O)[nH]n1. The number of hydrogen-bond donors (Lipinski definition) is 3. The molecule has 1 heterocycles. The quantitative estimate of drug-likeness (QED) is 0.719. The number of phenolic OH excluding ortho intramolecular Hbond substituents is 1. The van der Waals surface area contributed by atoms with E-state index in [2.05, 4.69) is 10.2 Å². The summed E-state index contributed by atoms with van der Waals surface area (Å²) in [6.45, 7) is 0. The zero-order valence-electron chi connectivity index (χ0n) is 8.42. The minimum atomic E-state index is -4.46. The van der Waals surface area contributed by atoms with Gasteiger partial charge in [0.25, 0.3) is 0 Å². The molecule has 90 valence electrons. The van der Waals surface area contributed by atoms with Gasteiger partial charge in [0.05, 0.1) is 11.3 Å². The molecule has 0 saturated carbocycles. The number of hydrogen-bond acceptors (Lipinski definition) is 3. The Morgan fingerprint density at radius 1 is 1.24 bits per heavy atom. The van der Waals surface area contributed by atoms with Crippen LogP contribution >= 0.6 is 0 Å². The van der Waals surface area contributed by atoms with E-state index < -0.39 is 11.7 Å². The molecular weight excluding hydrogens is 235 g/mol. The molecule has 1 aromatic heterocycles. The number of nitrogens with two attached hydrogens (primary N) is 1. The Hall–Kier alpha value is -2.18. The van der Waals surface area contributed by atoms with Crippen molar-refractivity contribution < 1.29 is 18.3 Å². The lowest BCUT2D eigenvalue weighted by Crippen LogP contribution is -2.04. The monoisotopic (exact) mass is 243 g/mol. The molecule has 0 unspecified atom stereocenters. The van der Waals surface area contributed by atoms with Crippen LogP contribution in [0.3, 0.4) is 0 Å². The number of H-pyrrole nitrogens is 1. The molecule has 7 heteroatoms. The van der Waals surface area contributed by atoms with Crippen LogP contribution in [-0.2, 0) is 6.18 Å². The van der Waals surface area contributed by atoms with E-state index >= 15 is 0 Å². The van der Waals surface area contributed by atoms with Crippen molar-refractivity contribution in [3.63, 3.8) is 0 Å². The first-order valence-corrected chi connectivity index (χ1v) is 4.59. The van der Waals surface area contributed by atoms with Gasteiger partial charge in [0.2, 0.25) is 0 Å². The van der Waals surface area contributed by atoms with Crippen molar-refractivity contribution in [1.29, 1.82) is 0 Å². The molecule has 0 spiro atoms. The van der Waals surface area contributed by atoms with Crippen molar-refractivity contribution in [3.8, 4) is 17.0 Å². The van der Waals surface area contributed by atoms with Crippen LogP contribution in [0.15, 0.2) is 24.3 Å². The van der Waals surface area contributed by atoms with Crippen molar-refractivity contribution in [2.75, 3.05) is 5.73 Å². The minimum absolute atomic E-state index is 0.00373. The van der Waals surface area contributed by atoms with Crippen molar-refractivity contribution in [1.82, 2.24) is 10.2 Å². The fourth-order valence-corrected chi connectivity index (χ4v) is 1.40. The molecule has 0 aliphatic carbocycles. The second-order valence-electron chi connectivity index (χ2n) is 3.44. The summed E-state index contributed by atoms with van der Waals surface area (Å²) in [5, 5.41) is 15.5. The number of alkyl halides is 3. The average molecular weight is 243 g/mol. The molecule has 4 N–H and O–H groups in total. The van der Waals surface area contributed by atoms with Crippen LogP contribution in [0, 0.1) is 0 Å². The maximum atomic E-state index is 12.5. The Kier molecular flexibility index (Phi) is 2.45. The lowest BCUT2D eigenvalue weighted by Gasteiger charge is -2.09. The molecule has 0 fully saturated rings. The summed E-state index contributed by atoms with van der Waals surface area (Å²) in [4.78, 5) is 0. The third-order valence-corrected chi connectivity index (χ3v) is 2.21. The summed E-state index contributed by atoms with van der Waals surface area (Å²) in [7, 11) is 0. The van der Waals surface area contributed by atoms with E-state index in [1.807, 2.05) is 0 Å². The van der Waals surface area contributed by atoms with Crippen molar-refractivity contribution in [2.24, 2.45) is 0 Å². The number of phenols is 1. The van der Waals surface area contributed by atoms with E-state index in [9.17, 15) is 18.3 Å². The number of nitrogens with zero attached hydrogens (tertiary/aromatic N) is 1. The second-order valence-corrected chi connectivity index (χ2v) is 3.44. The third kappa shape index (κ3) is 2.17. The number of nitrogen functional groups attached to an aromatic ring is 1. The van der Waals surface area contributed by atoms with Crippen LogP contribution in [0.1, 0.15) is 5.56 Å². The van der Waals surface area contributed by atoms with E-state index in [0.29, 0.717) is 0 Å². The van der Waals surface area contributed by atoms with Crippen molar-refractivity contribution >= 4 is 5.82 Å². The molecule has 2 aromatic rings. The first-order valence-electron chi connectivity index (χ1n) is 4.59. The van der Waals surface area contributed by atoms with Crippen LogP contribution in [0.4, 0.5) is 19.0 Å². The van der Waals surface area contributed by atoms with Crippen LogP contribution in [0.2, 0.25) is 0 Å². The van der Waals surface area contributed by atoms with Crippen LogP contribution < -0.4 is 5.73 Å². The number of halogens is 3. The third-order valence-electron chi connectivity index (χ3n) is 2.21. The second kappa shape index (κ2) is 3.69. The Bertz CT molecular complexity index is 548. The smallest absolute Gasteiger partial charge is 0.416 e. The largest absolute Gasteiger partial charge is 0.507 e. The number of rotatable bonds is 1. The highest BCUT2D eigenvalue weighted by atomic mass is 19.4. The van der Waals surface area contributed by atoms with Gasteiger partial charge in [-0.3, -0.25) is 5.10 Å². The van der Waals surface area contributed by atoms with Crippen LogP contribution in [0.5, 0.6) is 5.75 Å². The molecule has 4 nitrogen and oxygen atoms in total. The molecule has 17 heavy (non-hydrogen) atoms. The number of aromatic amines is 1. The molecule has 0 aliphatic rings. The fourth-order valence-electron chi connectivity index (χ4n) is 1.40. The number of nitrogens with one attached hydrogen (secondary N) is 1. The van der Waals surface area contributed by atoms with Gasteiger partial charge in [-0.1, -0.05) is 0 Å². The van der Waals surface area contributed by atoms with E-state index in [4.69, 9.17) is 5.73 Å². The van der Waals surface area contributed by atoms with Gasteiger partial charge < -0.3 is 10.8 Å². The molecule has 0 amide bonds. The van der Waals surface area contributed by atoms with Gasteiger partial charge in [-0.25, -0.2) is 0 Å². The van der Waals surface area contributed by atoms with E-state index in [0.717, 1.165) is 18.2 Å². The van der Waals surface area contributed by atoms with Crippen LogP contribution in [-0.4, -0.2) is 15.3 Å². The van der Waals surface area contributed by atoms with Gasteiger partial charge in [0.15, 0.2) is 0 Å². The highest BCUT2D eigenvalue weighted by Crippen LogP contribution is 2.36. The maximum Gasteiger partial charge on any atom is 0.416 e. The van der Waals surface area contributed by atoms with Gasteiger partial charge >= 0.3 is 6.18 Å². The lowest BCUT2D eigenvalue weighted by molar-refractivity contribution is -0.137. The number of aromatic hydroxyl groups is 1. The highest BCUT2D eigenvalue weighted by molar-refractivity contribution is 5.69. The Morgan fingerprint density at radius 3 is 2.47 bits per heavy atom. The Labute approximate surface area is 93.9 Å². The van der Waals surface area contributed by atoms with Crippen molar-refractivity contribution in [2.45, 2.75) is 6.18 Å². The van der Waals surface area contributed by atoms with Gasteiger partial charge in [-0.15, -0.1) is 0 Å². The van der Waals surface area contributed by atoms with Gasteiger partial charge in [0, 0.05) is 11.6 Å². The predicted molar refractivity (Wildman–Crippen MR) is 55.1 cm³/mol. The zero-order valence-corrected chi connectivity index (χ0v) is 8.42. The Morgan fingerprint density at radius 2 is 1.94 bits per heavy atom. The normalized spacial score (nSPS) is 11.7. The molecular formula is C10H8F3N3O. The summed E-state index contributed by atoms with van der Waals surface area (Å²) in [5.41, 5.74) is 4.73. The van der Waals surface area contributed by atoms with Gasteiger partial charge in [0.1, 0.15) is 11.6 Å². The number of benzene rings is 1. The Balaban J connectivity index is 2.54. The lowest BCUT2D eigenvalue weighted by atomic mass is 10.1. The van der Waals surface area contributed by atoms with Gasteiger partial charge in [-0.05, 0) is 18.2 Å². The summed E-state index contributed by atoms with van der Waals surface area (Å²) in [6.07, 6.45) is -4.46. The molecule has 0 radical (unpaired) electrons. The number of anilines is 1. The first-order chi connectivity index (χ1) is 7.88. The molecule has 2 rings (SSSR count). The van der Waals surface area contributed by atoms with E-state index in [-0.39, 0.29) is 22.8 Å². The molecule has 0 atom stereocenters. The average Bonchev–Trinajstić information content (AvgIpc) is 2.63. The minimum Gasteiger partial charge on any atom is -0.507 e. The van der Waals surface area contributed by atoms with E-state index in [1.54, 1.807) is 0 Å². The first kappa shape index (κ1) is 11.3. The summed E-state index contributed by atoms with van der Waals surface area (Å²) >= 11 is 0. The fraction of sp³-hybridized carbons (Fsp3) is 0.100. The predicted octanol–water partition coefficient (Wildman–Crippen LogP) is 2.38. The molecule has 1 aromatic carbocycles. The summed E-state index contributed by atoms with van der Waals surface area (Å²) in [6, 6.07) is 3.96. The summed E-state index contributed by atoms with van der Waals surface area (Å²) in [5.74, 6) is -0.140. The summed E-state index contributed by atoms with van der Waals surface area (Å²) < 4.78 is 37.5. The molecule has 0 bridgehead atoms. The van der Waals surface area contributed by atoms with Gasteiger partial charge in [-0.2, -0.15) is 18.3 Å². The highest BCUT2D eigenvalue weighted by Gasteiger charge is 2.31. The topological polar surface area (TPSA) is 74.9 Å².